The predicted octanol–water partition coefficient (Wildman–Crippen LogP) is 3.92. The van der Waals surface area contributed by atoms with E-state index in [-0.39, 0.29) is 19.1 Å². The number of hydrogen-bond acceptors (Lipinski definition) is 7. The molecule has 0 radical (unpaired) electrons. The van der Waals surface area contributed by atoms with E-state index in [0.717, 1.165) is 13.0 Å². The molecule has 1 N–H and O–H groups in total. The monoisotopic (exact) mass is 486 g/mol. The molecule has 0 saturated carbocycles. The van der Waals surface area contributed by atoms with Crippen LogP contribution in [0.3, 0.4) is 0 Å². The highest BCUT2D eigenvalue weighted by molar-refractivity contribution is 6.69. The number of amides is 2. The highest BCUT2D eigenvalue weighted by Crippen LogP contribution is 2.22. The van der Waals surface area contributed by atoms with Gasteiger partial charge in [-0.3, -0.25) is 0 Å². The van der Waals surface area contributed by atoms with Crippen LogP contribution in [0.4, 0.5) is 9.59 Å². The highest BCUT2D eigenvalue weighted by Gasteiger charge is 2.39. The van der Waals surface area contributed by atoms with Gasteiger partial charge < -0.3 is 33.6 Å². The van der Waals surface area contributed by atoms with E-state index >= 15 is 0 Å². The summed E-state index contributed by atoms with van der Waals surface area (Å²) in [6, 6.07) is 0. The fraction of sp³-hybridized carbons (Fsp3) is 0.783. The van der Waals surface area contributed by atoms with Crippen molar-refractivity contribution >= 4 is 26.8 Å². The van der Waals surface area contributed by atoms with Crippen molar-refractivity contribution in [1.82, 2.24) is 9.80 Å². The molecule has 0 aromatic carbocycles. The molecule has 2 aliphatic rings. The molecule has 10 heteroatoms. The SMILES string of the molecule is CC(C)(C)OC(=O)N1CCC(=CO[Si](C)(C)C)C1.CC(C)(C)OC(=O)N1CCC(O)(C=O)C1. The number of aldehydes is 1. The lowest BCUT2D eigenvalue weighted by Crippen LogP contribution is -2.39. The zero-order chi connectivity index (χ0) is 25.7. The number of hydrogen-bond donors (Lipinski definition) is 1. The van der Waals surface area contributed by atoms with Gasteiger partial charge in [0.1, 0.15) is 16.8 Å². The first-order valence-corrected chi connectivity index (χ1v) is 14.7. The van der Waals surface area contributed by atoms with E-state index in [4.69, 9.17) is 13.9 Å². The minimum Gasteiger partial charge on any atom is -0.550 e. The van der Waals surface area contributed by atoms with Crippen LogP contribution in [0.2, 0.25) is 19.6 Å². The first-order chi connectivity index (χ1) is 14.8. The molecule has 2 rings (SSSR count). The van der Waals surface area contributed by atoms with Crippen molar-refractivity contribution in [2.24, 2.45) is 0 Å². The molecule has 0 bridgehead atoms. The molecule has 2 heterocycles. The van der Waals surface area contributed by atoms with Gasteiger partial charge >= 0.3 is 12.2 Å². The lowest BCUT2D eigenvalue weighted by Gasteiger charge is -2.24. The summed E-state index contributed by atoms with van der Waals surface area (Å²) in [5, 5.41) is 9.60. The number of rotatable bonds is 3. The van der Waals surface area contributed by atoms with Crippen LogP contribution in [0.25, 0.3) is 0 Å². The Morgan fingerprint density at radius 3 is 1.91 bits per heavy atom. The van der Waals surface area contributed by atoms with Crippen LogP contribution in [-0.2, 0) is 18.7 Å². The van der Waals surface area contributed by atoms with E-state index in [2.05, 4.69) is 19.6 Å². The fourth-order valence-corrected chi connectivity index (χ4v) is 3.44. The number of aliphatic hydroxyl groups is 1. The van der Waals surface area contributed by atoms with Crippen molar-refractivity contribution in [1.29, 1.82) is 0 Å². The number of β-amino-alcohol motifs (C(OH)–C–C–N with tert-alkyl or cyclic N) is 1. The molecule has 0 aromatic heterocycles. The average molecular weight is 487 g/mol. The van der Waals surface area contributed by atoms with E-state index in [1.54, 1.807) is 25.7 Å². The number of likely N-dealkylation sites (tertiary alicyclic amines) is 2. The Morgan fingerprint density at radius 2 is 1.48 bits per heavy atom. The normalized spacial score (nSPS) is 22.5. The quantitative estimate of drug-likeness (QED) is 0.366. The lowest BCUT2D eigenvalue weighted by atomic mass is 10.1. The van der Waals surface area contributed by atoms with Gasteiger partial charge in [0.2, 0.25) is 8.32 Å². The number of nitrogens with zero attached hydrogens (tertiary/aromatic N) is 2. The molecule has 2 fully saturated rings. The summed E-state index contributed by atoms with van der Waals surface area (Å²) < 4.78 is 16.2. The second-order valence-corrected chi connectivity index (χ2v) is 16.0. The van der Waals surface area contributed by atoms with Crippen molar-refractivity contribution < 1.29 is 33.4 Å². The molecule has 33 heavy (non-hydrogen) atoms. The first-order valence-electron chi connectivity index (χ1n) is 11.3. The second-order valence-electron chi connectivity index (χ2n) is 11.5. The van der Waals surface area contributed by atoms with Crippen molar-refractivity contribution in [2.75, 3.05) is 26.2 Å². The highest BCUT2D eigenvalue weighted by atomic mass is 28.4. The third-order valence-electron chi connectivity index (χ3n) is 4.48. The topological polar surface area (TPSA) is 106 Å². The Kier molecular flexibility index (Phi) is 9.57. The Balaban J connectivity index is 0.000000335. The average Bonchev–Trinajstić information content (AvgIpc) is 3.25. The van der Waals surface area contributed by atoms with Gasteiger partial charge in [0.05, 0.1) is 12.8 Å². The van der Waals surface area contributed by atoms with Crippen molar-refractivity contribution in [3.63, 3.8) is 0 Å². The molecular formula is C23H42N2O7Si. The minimum absolute atomic E-state index is 0.0193. The predicted molar refractivity (Wildman–Crippen MR) is 128 cm³/mol. The molecule has 0 aromatic rings. The second kappa shape index (κ2) is 10.9. The summed E-state index contributed by atoms with van der Waals surface area (Å²) >= 11 is 0. The third-order valence-corrected chi connectivity index (χ3v) is 5.30. The molecule has 2 aliphatic heterocycles. The maximum Gasteiger partial charge on any atom is 0.410 e. The van der Waals surface area contributed by atoms with Crippen LogP contribution in [0, 0.1) is 0 Å². The summed E-state index contributed by atoms with van der Waals surface area (Å²) in [5.41, 5.74) is -1.21. The molecule has 1 atom stereocenters. The molecular weight excluding hydrogens is 444 g/mol. The third kappa shape index (κ3) is 11.6. The Morgan fingerprint density at radius 1 is 0.970 bits per heavy atom. The van der Waals surface area contributed by atoms with Gasteiger partial charge in [-0.1, -0.05) is 0 Å². The summed E-state index contributed by atoms with van der Waals surface area (Å²) in [7, 11) is -1.52. The summed E-state index contributed by atoms with van der Waals surface area (Å²) in [5.74, 6) is 0. The number of carbonyl (C=O) groups excluding carboxylic acids is 3. The first kappa shape index (κ1) is 29.0. The minimum atomic E-state index is -1.52. The Labute approximate surface area is 199 Å². The van der Waals surface area contributed by atoms with E-state index in [1.165, 1.54) is 10.5 Å². The zero-order valence-corrected chi connectivity index (χ0v) is 22.7. The largest absolute Gasteiger partial charge is 0.550 e. The molecule has 1 unspecified atom stereocenters. The molecule has 2 saturated heterocycles. The van der Waals surface area contributed by atoms with Crippen LogP contribution in [0.5, 0.6) is 0 Å². The maximum absolute atomic E-state index is 11.9. The van der Waals surface area contributed by atoms with Gasteiger partial charge in [-0.2, -0.15) is 0 Å². The number of ether oxygens (including phenoxy) is 2. The van der Waals surface area contributed by atoms with Gasteiger partial charge in [-0.15, -0.1) is 0 Å². The zero-order valence-electron chi connectivity index (χ0n) is 21.7. The molecule has 9 nitrogen and oxygen atoms in total. The molecule has 0 spiro atoms. The van der Waals surface area contributed by atoms with Gasteiger partial charge in [0, 0.05) is 26.1 Å². The summed E-state index contributed by atoms with van der Waals surface area (Å²) in [6.45, 7) is 19.1. The fourth-order valence-electron chi connectivity index (χ4n) is 2.92. The molecule has 2 amide bonds. The van der Waals surface area contributed by atoms with E-state index in [0.29, 0.717) is 19.4 Å². The standard InChI is InChI=1S/C13H25NO3Si.C10H17NO4/c1-13(2,3)17-12(15)14-8-7-11(9-14)10-16-18(4,5)6;1-9(2,3)15-8(13)11-5-4-10(14,6-11)7-12/h10H,7-9H2,1-6H3;7,14H,4-6H2,1-3H3. The van der Waals surface area contributed by atoms with Gasteiger partial charge in [0.15, 0.2) is 6.29 Å². The van der Waals surface area contributed by atoms with E-state index in [9.17, 15) is 19.5 Å². The van der Waals surface area contributed by atoms with Crippen LogP contribution in [0.15, 0.2) is 11.8 Å². The van der Waals surface area contributed by atoms with Gasteiger partial charge in [0.25, 0.3) is 0 Å². The Hall–Kier alpha value is -2.07. The van der Waals surface area contributed by atoms with Gasteiger partial charge in [-0.05, 0) is 73.2 Å². The van der Waals surface area contributed by atoms with Crippen LogP contribution in [0.1, 0.15) is 54.4 Å². The van der Waals surface area contributed by atoms with E-state index < -0.39 is 31.2 Å². The Bertz CT molecular complexity index is 735. The van der Waals surface area contributed by atoms with Gasteiger partial charge in [-0.25, -0.2) is 9.59 Å². The smallest absolute Gasteiger partial charge is 0.410 e. The van der Waals surface area contributed by atoms with Crippen LogP contribution in [-0.4, -0.2) is 84.7 Å². The van der Waals surface area contributed by atoms with Crippen LogP contribution >= 0.6 is 0 Å². The van der Waals surface area contributed by atoms with Crippen molar-refractivity contribution in [3.8, 4) is 0 Å². The molecule has 0 aliphatic carbocycles. The van der Waals surface area contributed by atoms with Crippen LogP contribution < -0.4 is 0 Å². The molecule has 190 valence electrons. The summed E-state index contributed by atoms with van der Waals surface area (Å²) in [6.07, 6.45) is 2.76. The van der Waals surface area contributed by atoms with Crippen molar-refractivity contribution in [3.05, 3.63) is 11.8 Å². The summed E-state index contributed by atoms with van der Waals surface area (Å²) in [4.78, 5) is 37.0. The maximum atomic E-state index is 11.9. The number of carbonyl (C=O) groups is 3. The van der Waals surface area contributed by atoms with E-state index in [1.807, 2.05) is 27.0 Å². The van der Waals surface area contributed by atoms with Crippen molar-refractivity contribution in [2.45, 2.75) is 90.8 Å². The lowest BCUT2D eigenvalue weighted by molar-refractivity contribution is -0.122.